The highest BCUT2D eigenvalue weighted by Gasteiger charge is 2.24. The minimum absolute atomic E-state index is 0.274. The van der Waals surface area contributed by atoms with Crippen LogP contribution < -0.4 is 0 Å². The van der Waals surface area contributed by atoms with Crippen LogP contribution in [0.1, 0.15) is 52.9 Å². The molecule has 24 heavy (non-hydrogen) atoms. The minimum atomic E-state index is -1.17. The second-order valence-electron chi connectivity index (χ2n) is 5.24. The van der Waals surface area contributed by atoms with Gasteiger partial charge >= 0.3 is 11.9 Å². The van der Waals surface area contributed by atoms with Gasteiger partial charge in [0.1, 0.15) is 6.61 Å². The summed E-state index contributed by atoms with van der Waals surface area (Å²) in [5, 5.41) is 0. The molecule has 0 heterocycles. The molecule has 0 bridgehead atoms. The van der Waals surface area contributed by atoms with Crippen molar-refractivity contribution in [2.45, 2.75) is 59.2 Å². The zero-order valence-corrected chi connectivity index (χ0v) is 15.2. The first kappa shape index (κ1) is 23.0. The summed E-state index contributed by atoms with van der Waals surface area (Å²) in [5.41, 5.74) is 0. The van der Waals surface area contributed by atoms with Gasteiger partial charge in [0.15, 0.2) is 0 Å². The summed E-state index contributed by atoms with van der Waals surface area (Å²) >= 11 is 0. The minimum Gasteiger partial charge on any atom is -0.388 e. The molecule has 0 aromatic rings. The van der Waals surface area contributed by atoms with E-state index in [4.69, 9.17) is 23.7 Å². The van der Waals surface area contributed by atoms with E-state index in [0.29, 0.717) is 26.4 Å². The molecule has 0 aliphatic heterocycles. The Morgan fingerprint density at radius 3 is 2.04 bits per heavy atom. The normalized spacial score (nSPS) is 12.1. The lowest BCUT2D eigenvalue weighted by Crippen LogP contribution is -2.33. The SMILES string of the molecule is CCCCOCCOCC(=O)OC(=O)C(OCCC)OCCCC. The van der Waals surface area contributed by atoms with Gasteiger partial charge in [0, 0.05) is 6.61 Å². The molecule has 142 valence electrons. The molecule has 0 aromatic carbocycles. The highest BCUT2D eigenvalue weighted by Crippen LogP contribution is 2.03. The lowest BCUT2D eigenvalue weighted by molar-refractivity contribution is -0.199. The summed E-state index contributed by atoms with van der Waals surface area (Å²) in [6.45, 7) is 7.78. The smallest absolute Gasteiger partial charge is 0.371 e. The monoisotopic (exact) mass is 348 g/mol. The molecule has 1 atom stereocenters. The highest BCUT2D eigenvalue weighted by atomic mass is 16.7. The van der Waals surface area contributed by atoms with Gasteiger partial charge in [-0.1, -0.05) is 33.6 Å². The van der Waals surface area contributed by atoms with Crippen LogP contribution in [-0.4, -0.2) is 57.9 Å². The van der Waals surface area contributed by atoms with Crippen molar-refractivity contribution in [3.8, 4) is 0 Å². The molecule has 0 rings (SSSR count). The van der Waals surface area contributed by atoms with Crippen LogP contribution in [0.4, 0.5) is 0 Å². The fraction of sp³-hybridized carbons (Fsp3) is 0.882. The van der Waals surface area contributed by atoms with Crippen LogP contribution in [0.5, 0.6) is 0 Å². The number of hydrogen-bond acceptors (Lipinski definition) is 7. The van der Waals surface area contributed by atoms with E-state index in [9.17, 15) is 9.59 Å². The first-order valence-corrected chi connectivity index (χ1v) is 8.78. The number of rotatable bonds is 16. The van der Waals surface area contributed by atoms with E-state index < -0.39 is 18.2 Å². The Bertz CT molecular complexity index is 320. The van der Waals surface area contributed by atoms with Gasteiger partial charge in [-0.05, 0) is 19.3 Å². The summed E-state index contributed by atoms with van der Waals surface area (Å²) in [4.78, 5) is 23.5. The van der Waals surface area contributed by atoms with Gasteiger partial charge in [-0.2, -0.15) is 0 Å². The van der Waals surface area contributed by atoms with Crippen molar-refractivity contribution in [2.75, 3.05) is 39.6 Å². The Labute approximate surface area is 144 Å². The van der Waals surface area contributed by atoms with Crippen molar-refractivity contribution < 1.29 is 33.3 Å². The van der Waals surface area contributed by atoms with E-state index in [2.05, 4.69) is 6.92 Å². The molecular weight excluding hydrogens is 316 g/mol. The van der Waals surface area contributed by atoms with Crippen LogP contribution in [0.15, 0.2) is 0 Å². The van der Waals surface area contributed by atoms with E-state index in [1.165, 1.54) is 0 Å². The molecule has 0 amide bonds. The van der Waals surface area contributed by atoms with Crippen LogP contribution in [0, 0.1) is 0 Å². The molecule has 1 unspecified atom stereocenters. The molecule has 0 aromatic heterocycles. The zero-order valence-electron chi connectivity index (χ0n) is 15.2. The quantitative estimate of drug-likeness (QED) is 0.183. The largest absolute Gasteiger partial charge is 0.388 e. The second kappa shape index (κ2) is 16.8. The van der Waals surface area contributed by atoms with E-state index >= 15 is 0 Å². The Hall–Kier alpha value is -1.02. The van der Waals surface area contributed by atoms with Crippen LogP contribution in [0.2, 0.25) is 0 Å². The lowest BCUT2D eigenvalue weighted by Gasteiger charge is -2.16. The van der Waals surface area contributed by atoms with Crippen molar-refractivity contribution in [3.05, 3.63) is 0 Å². The van der Waals surface area contributed by atoms with Gasteiger partial charge in [0.25, 0.3) is 6.29 Å². The molecule has 0 saturated heterocycles. The highest BCUT2D eigenvalue weighted by molar-refractivity contribution is 5.87. The third-order valence-corrected chi connectivity index (χ3v) is 2.88. The average molecular weight is 348 g/mol. The molecule has 0 aliphatic carbocycles. The van der Waals surface area contributed by atoms with Crippen LogP contribution in [-0.2, 0) is 33.3 Å². The summed E-state index contributed by atoms with van der Waals surface area (Å²) < 4.78 is 25.7. The topological polar surface area (TPSA) is 80.3 Å². The summed E-state index contributed by atoms with van der Waals surface area (Å²) in [6, 6.07) is 0. The number of esters is 2. The second-order valence-corrected chi connectivity index (χ2v) is 5.24. The maximum Gasteiger partial charge on any atom is 0.371 e. The van der Waals surface area contributed by atoms with E-state index in [1.807, 2.05) is 13.8 Å². The van der Waals surface area contributed by atoms with Crippen molar-refractivity contribution in [1.82, 2.24) is 0 Å². The van der Waals surface area contributed by atoms with E-state index in [-0.39, 0.29) is 13.2 Å². The van der Waals surface area contributed by atoms with Gasteiger partial charge < -0.3 is 23.7 Å². The molecule has 0 spiro atoms. The Morgan fingerprint density at radius 1 is 0.750 bits per heavy atom. The Kier molecular flexibility index (Phi) is 16.1. The van der Waals surface area contributed by atoms with Gasteiger partial charge in [-0.25, -0.2) is 9.59 Å². The van der Waals surface area contributed by atoms with Crippen molar-refractivity contribution in [1.29, 1.82) is 0 Å². The van der Waals surface area contributed by atoms with Crippen molar-refractivity contribution >= 4 is 11.9 Å². The maximum atomic E-state index is 11.9. The summed E-state index contributed by atoms with van der Waals surface area (Å²) in [6.07, 6.45) is 3.36. The third kappa shape index (κ3) is 13.4. The summed E-state index contributed by atoms with van der Waals surface area (Å²) in [7, 11) is 0. The molecule has 7 heteroatoms. The summed E-state index contributed by atoms with van der Waals surface area (Å²) in [5.74, 6) is -1.61. The van der Waals surface area contributed by atoms with Gasteiger partial charge in [0.2, 0.25) is 0 Å². The first-order valence-electron chi connectivity index (χ1n) is 8.78. The van der Waals surface area contributed by atoms with Gasteiger partial charge in [-0.3, -0.25) is 0 Å². The molecule has 0 N–H and O–H groups in total. The van der Waals surface area contributed by atoms with E-state index in [1.54, 1.807) is 0 Å². The van der Waals surface area contributed by atoms with Crippen molar-refractivity contribution in [3.63, 3.8) is 0 Å². The maximum absolute atomic E-state index is 11.9. The number of ether oxygens (including phenoxy) is 5. The standard InChI is InChI=1S/C17H32O7/c1-4-7-10-20-12-13-21-14-15(18)24-16(19)17(22-9-6-3)23-11-8-5-2/h17H,4-14H2,1-3H3. The van der Waals surface area contributed by atoms with Crippen LogP contribution in [0.3, 0.4) is 0 Å². The average Bonchev–Trinajstić information content (AvgIpc) is 2.57. The third-order valence-electron chi connectivity index (χ3n) is 2.88. The predicted molar refractivity (Wildman–Crippen MR) is 88.5 cm³/mol. The molecule has 0 fully saturated rings. The first-order chi connectivity index (χ1) is 11.7. The molecule has 7 nitrogen and oxygen atoms in total. The van der Waals surface area contributed by atoms with Crippen LogP contribution >= 0.6 is 0 Å². The Morgan fingerprint density at radius 2 is 1.38 bits per heavy atom. The number of carbonyl (C=O) groups excluding carboxylic acids is 2. The molecule has 0 radical (unpaired) electrons. The van der Waals surface area contributed by atoms with Gasteiger partial charge in [0.05, 0.1) is 26.4 Å². The molecular formula is C17H32O7. The fourth-order valence-electron chi connectivity index (χ4n) is 1.56. The van der Waals surface area contributed by atoms with Crippen molar-refractivity contribution in [2.24, 2.45) is 0 Å². The number of carbonyl (C=O) groups is 2. The van der Waals surface area contributed by atoms with E-state index in [0.717, 1.165) is 32.1 Å². The van der Waals surface area contributed by atoms with Gasteiger partial charge in [-0.15, -0.1) is 0 Å². The molecule has 0 saturated carbocycles. The number of hydrogen-bond donors (Lipinski definition) is 0. The van der Waals surface area contributed by atoms with Crippen LogP contribution in [0.25, 0.3) is 0 Å². The fourth-order valence-corrected chi connectivity index (χ4v) is 1.56. The number of unbranched alkanes of at least 4 members (excludes halogenated alkanes) is 2. The predicted octanol–water partition coefficient (Wildman–Crippen LogP) is 2.46. The zero-order chi connectivity index (χ0) is 18.0. The molecule has 0 aliphatic rings. The Balaban J connectivity index is 3.93. The lowest BCUT2D eigenvalue weighted by atomic mass is 10.4.